The van der Waals surface area contributed by atoms with Gasteiger partial charge in [0, 0.05) is 25.3 Å². The molecule has 1 N–H and O–H groups in total. The van der Waals surface area contributed by atoms with Crippen molar-refractivity contribution < 1.29 is 0 Å². The van der Waals surface area contributed by atoms with Gasteiger partial charge in [-0.1, -0.05) is 0 Å². The Morgan fingerprint density at radius 2 is 2.12 bits per heavy atom. The van der Waals surface area contributed by atoms with Crippen LogP contribution in [-0.4, -0.2) is 21.9 Å². The van der Waals surface area contributed by atoms with Crippen LogP contribution >= 0.6 is 0 Å². The SMILES string of the molecule is Cn1cc(CC2(CNC(C)(C)C)CC2)cn1. The van der Waals surface area contributed by atoms with Crippen LogP contribution in [0.5, 0.6) is 0 Å². The van der Waals surface area contributed by atoms with Gasteiger partial charge in [-0.25, -0.2) is 0 Å². The molecule has 3 heteroatoms. The monoisotopic (exact) mass is 221 g/mol. The summed E-state index contributed by atoms with van der Waals surface area (Å²) in [5.41, 5.74) is 2.11. The first-order valence-electron chi connectivity index (χ1n) is 6.11. The zero-order valence-electron chi connectivity index (χ0n) is 10.9. The molecule has 1 aliphatic rings. The minimum atomic E-state index is 0.227. The third-order valence-electron chi connectivity index (χ3n) is 3.29. The summed E-state index contributed by atoms with van der Waals surface area (Å²) in [4.78, 5) is 0. The van der Waals surface area contributed by atoms with E-state index < -0.39 is 0 Å². The lowest BCUT2D eigenvalue weighted by Crippen LogP contribution is -2.40. The van der Waals surface area contributed by atoms with Crippen LogP contribution in [0.2, 0.25) is 0 Å². The average molecular weight is 221 g/mol. The minimum Gasteiger partial charge on any atom is -0.312 e. The summed E-state index contributed by atoms with van der Waals surface area (Å²) in [6, 6.07) is 0. The van der Waals surface area contributed by atoms with Gasteiger partial charge in [0.1, 0.15) is 0 Å². The number of hydrogen-bond donors (Lipinski definition) is 1. The topological polar surface area (TPSA) is 29.9 Å². The van der Waals surface area contributed by atoms with E-state index >= 15 is 0 Å². The molecular formula is C13H23N3. The van der Waals surface area contributed by atoms with Crippen LogP contribution < -0.4 is 5.32 Å². The summed E-state index contributed by atoms with van der Waals surface area (Å²) in [7, 11) is 1.98. The number of hydrogen-bond acceptors (Lipinski definition) is 2. The lowest BCUT2D eigenvalue weighted by atomic mass is 9.97. The number of aromatic nitrogens is 2. The van der Waals surface area contributed by atoms with Crippen molar-refractivity contribution in [1.82, 2.24) is 15.1 Å². The highest BCUT2D eigenvalue weighted by atomic mass is 15.2. The Hall–Kier alpha value is -0.830. The van der Waals surface area contributed by atoms with E-state index in [0.29, 0.717) is 5.41 Å². The van der Waals surface area contributed by atoms with Crippen molar-refractivity contribution in [2.45, 2.75) is 45.6 Å². The van der Waals surface area contributed by atoms with E-state index in [1.165, 1.54) is 24.8 Å². The van der Waals surface area contributed by atoms with Crippen LogP contribution in [0.4, 0.5) is 0 Å². The molecule has 1 aliphatic carbocycles. The second-order valence-corrected chi connectivity index (χ2v) is 6.30. The summed E-state index contributed by atoms with van der Waals surface area (Å²) < 4.78 is 1.89. The van der Waals surface area contributed by atoms with E-state index in [-0.39, 0.29) is 5.54 Å². The van der Waals surface area contributed by atoms with Gasteiger partial charge >= 0.3 is 0 Å². The lowest BCUT2D eigenvalue weighted by Gasteiger charge is -2.25. The molecule has 16 heavy (non-hydrogen) atoms. The van der Waals surface area contributed by atoms with Crippen molar-refractivity contribution in [3.8, 4) is 0 Å². The molecule has 0 unspecified atom stereocenters. The van der Waals surface area contributed by atoms with E-state index in [9.17, 15) is 0 Å². The van der Waals surface area contributed by atoms with E-state index in [2.05, 4.69) is 37.4 Å². The Morgan fingerprint density at radius 1 is 1.44 bits per heavy atom. The van der Waals surface area contributed by atoms with Crippen LogP contribution in [0.1, 0.15) is 39.2 Å². The fourth-order valence-corrected chi connectivity index (χ4v) is 2.04. The molecule has 0 aromatic carbocycles. The fraction of sp³-hybridized carbons (Fsp3) is 0.769. The van der Waals surface area contributed by atoms with Gasteiger partial charge in [-0.2, -0.15) is 5.10 Å². The minimum absolute atomic E-state index is 0.227. The van der Waals surface area contributed by atoms with Crippen molar-refractivity contribution in [2.75, 3.05) is 6.54 Å². The molecule has 1 aromatic heterocycles. The molecule has 1 heterocycles. The maximum atomic E-state index is 4.23. The largest absolute Gasteiger partial charge is 0.312 e. The van der Waals surface area contributed by atoms with E-state index in [0.717, 1.165) is 6.54 Å². The van der Waals surface area contributed by atoms with Gasteiger partial charge in [-0.3, -0.25) is 4.68 Å². The van der Waals surface area contributed by atoms with E-state index in [4.69, 9.17) is 0 Å². The average Bonchev–Trinajstić information content (AvgIpc) is 2.80. The summed E-state index contributed by atoms with van der Waals surface area (Å²) in [6.45, 7) is 7.82. The Balaban J connectivity index is 1.89. The molecule has 0 saturated heterocycles. The molecule has 0 radical (unpaired) electrons. The van der Waals surface area contributed by atoms with Crippen molar-refractivity contribution in [2.24, 2.45) is 12.5 Å². The zero-order valence-corrected chi connectivity index (χ0v) is 10.9. The first-order chi connectivity index (χ1) is 7.39. The maximum Gasteiger partial charge on any atom is 0.0521 e. The highest BCUT2D eigenvalue weighted by Crippen LogP contribution is 2.48. The van der Waals surface area contributed by atoms with Gasteiger partial charge in [0.05, 0.1) is 6.20 Å². The fourth-order valence-electron chi connectivity index (χ4n) is 2.04. The number of aryl methyl sites for hydroxylation is 1. The smallest absolute Gasteiger partial charge is 0.0521 e. The van der Waals surface area contributed by atoms with Crippen LogP contribution in [0.3, 0.4) is 0 Å². The van der Waals surface area contributed by atoms with Crippen molar-refractivity contribution in [3.05, 3.63) is 18.0 Å². The van der Waals surface area contributed by atoms with Gasteiger partial charge in [-0.15, -0.1) is 0 Å². The third-order valence-corrected chi connectivity index (χ3v) is 3.29. The summed E-state index contributed by atoms with van der Waals surface area (Å²) in [6.07, 6.45) is 8.01. The van der Waals surface area contributed by atoms with Gasteiger partial charge in [0.2, 0.25) is 0 Å². The summed E-state index contributed by atoms with van der Waals surface area (Å²) >= 11 is 0. The van der Waals surface area contributed by atoms with E-state index in [1.54, 1.807) is 0 Å². The Bertz CT molecular complexity index is 355. The van der Waals surface area contributed by atoms with Gasteiger partial charge in [0.25, 0.3) is 0 Å². The molecule has 90 valence electrons. The van der Waals surface area contributed by atoms with Crippen molar-refractivity contribution >= 4 is 0 Å². The molecular weight excluding hydrogens is 198 g/mol. The Kier molecular flexibility index (Phi) is 2.82. The predicted molar refractivity (Wildman–Crippen MR) is 66.3 cm³/mol. The molecule has 1 aromatic rings. The van der Waals surface area contributed by atoms with Crippen LogP contribution in [0.15, 0.2) is 12.4 Å². The lowest BCUT2D eigenvalue weighted by molar-refractivity contribution is 0.356. The molecule has 3 nitrogen and oxygen atoms in total. The highest BCUT2D eigenvalue weighted by Gasteiger charge is 2.42. The van der Waals surface area contributed by atoms with Crippen molar-refractivity contribution in [3.63, 3.8) is 0 Å². The standard InChI is InChI=1S/C13H23N3/c1-12(2,3)14-10-13(5-6-13)7-11-8-15-16(4)9-11/h8-9,14H,5-7,10H2,1-4H3. The molecule has 1 fully saturated rings. The first kappa shape index (κ1) is 11.6. The first-order valence-corrected chi connectivity index (χ1v) is 6.11. The van der Waals surface area contributed by atoms with Crippen molar-refractivity contribution in [1.29, 1.82) is 0 Å². The summed E-state index contributed by atoms with van der Waals surface area (Å²) in [5.74, 6) is 0. The third kappa shape index (κ3) is 3.08. The van der Waals surface area contributed by atoms with E-state index in [1.807, 2.05) is 17.9 Å². The Morgan fingerprint density at radius 3 is 2.56 bits per heavy atom. The maximum absolute atomic E-state index is 4.23. The van der Waals surface area contributed by atoms with Crippen LogP contribution in [0, 0.1) is 5.41 Å². The molecule has 0 amide bonds. The zero-order chi connectivity index (χ0) is 11.8. The van der Waals surface area contributed by atoms with Gasteiger partial charge < -0.3 is 5.32 Å². The molecule has 1 saturated carbocycles. The normalized spacial score (nSPS) is 18.8. The quantitative estimate of drug-likeness (QED) is 0.844. The highest BCUT2D eigenvalue weighted by molar-refractivity contribution is 5.12. The van der Waals surface area contributed by atoms with Crippen LogP contribution in [-0.2, 0) is 13.5 Å². The Labute approximate surface area is 98.2 Å². The summed E-state index contributed by atoms with van der Waals surface area (Å²) in [5, 5.41) is 7.86. The molecule has 0 aliphatic heterocycles. The molecule has 0 spiro atoms. The number of nitrogens with one attached hydrogen (secondary N) is 1. The van der Waals surface area contributed by atoms with Gasteiger partial charge in [0.15, 0.2) is 0 Å². The molecule has 0 bridgehead atoms. The number of rotatable bonds is 4. The molecule has 2 rings (SSSR count). The second kappa shape index (κ2) is 3.88. The predicted octanol–water partition coefficient (Wildman–Crippen LogP) is 2.13. The van der Waals surface area contributed by atoms with Gasteiger partial charge in [-0.05, 0) is 51.0 Å². The molecule has 0 atom stereocenters. The number of nitrogens with zero attached hydrogens (tertiary/aromatic N) is 2. The van der Waals surface area contributed by atoms with Crippen LogP contribution in [0.25, 0.3) is 0 Å². The second-order valence-electron chi connectivity index (χ2n) is 6.30.